The van der Waals surface area contributed by atoms with Crippen LogP contribution in [0.25, 0.3) is 0 Å². The number of hydrogen-bond acceptors (Lipinski definition) is 3. The summed E-state index contributed by atoms with van der Waals surface area (Å²) in [5, 5.41) is 2.54. The first-order valence-electron chi connectivity index (χ1n) is 8.19. The Bertz CT molecular complexity index is 837. The lowest BCUT2D eigenvalue weighted by molar-refractivity contribution is -0.122. The van der Waals surface area contributed by atoms with Gasteiger partial charge in [0, 0.05) is 50.2 Å². The summed E-state index contributed by atoms with van der Waals surface area (Å²) >= 11 is 0. The second-order valence-corrected chi connectivity index (χ2v) is 6.43. The van der Waals surface area contributed by atoms with E-state index in [1.807, 2.05) is 43.3 Å². The fourth-order valence-corrected chi connectivity index (χ4v) is 2.88. The van der Waals surface area contributed by atoms with Gasteiger partial charge in [-0.2, -0.15) is 0 Å². The molecule has 0 spiro atoms. The second-order valence-electron chi connectivity index (χ2n) is 6.43. The van der Waals surface area contributed by atoms with Crippen LogP contribution in [0.4, 0.5) is 25.8 Å². The molecular formula is C19H19F2N3O2. The average molecular weight is 359 g/mol. The van der Waals surface area contributed by atoms with Gasteiger partial charge in [0.2, 0.25) is 11.8 Å². The van der Waals surface area contributed by atoms with Crippen molar-refractivity contribution in [1.82, 2.24) is 0 Å². The second kappa shape index (κ2) is 7.11. The molecule has 1 unspecified atom stereocenters. The summed E-state index contributed by atoms with van der Waals surface area (Å²) in [4.78, 5) is 28.2. The van der Waals surface area contributed by atoms with Crippen LogP contribution in [0.1, 0.15) is 6.42 Å². The fraction of sp³-hybridized carbons (Fsp3) is 0.263. The molecule has 3 rings (SSSR count). The summed E-state index contributed by atoms with van der Waals surface area (Å²) in [6, 6.07) is 10.6. The highest BCUT2D eigenvalue weighted by molar-refractivity contribution is 6.03. The van der Waals surface area contributed by atoms with Crippen LogP contribution >= 0.6 is 0 Å². The summed E-state index contributed by atoms with van der Waals surface area (Å²) in [7, 11) is 3.85. The minimum atomic E-state index is -1.03. The molecule has 7 heteroatoms. The van der Waals surface area contributed by atoms with Crippen molar-refractivity contribution in [1.29, 1.82) is 0 Å². The Balaban J connectivity index is 1.68. The van der Waals surface area contributed by atoms with Gasteiger partial charge in [-0.15, -0.1) is 0 Å². The van der Waals surface area contributed by atoms with Gasteiger partial charge in [-0.25, -0.2) is 8.78 Å². The van der Waals surface area contributed by atoms with E-state index in [9.17, 15) is 18.4 Å². The molecule has 5 nitrogen and oxygen atoms in total. The number of amides is 2. The molecule has 0 aromatic heterocycles. The molecular weight excluding hydrogens is 340 g/mol. The zero-order chi connectivity index (χ0) is 18.8. The maximum Gasteiger partial charge on any atom is 0.229 e. The molecule has 1 heterocycles. The van der Waals surface area contributed by atoms with Crippen LogP contribution in [0, 0.1) is 17.6 Å². The molecule has 0 saturated carbocycles. The molecule has 0 aliphatic carbocycles. The number of benzene rings is 2. The minimum absolute atomic E-state index is 0.0743. The van der Waals surface area contributed by atoms with Gasteiger partial charge in [0.15, 0.2) is 11.6 Å². The van der Waals surface area contributed by atoms with Gasteiger partial charge in [-0.05, 0) is 36.4 Å². The predicted octanol–water partition coefficient (Wildman–Crippen LogP) is 3.02. The first-order chi connectivity index (χ1) is 12.3. The van der Waals surface area contributed by atoms with E-state index >= 15 is 0 Å². The van der Waals surface area contributed by atoms with Crippen LogP contribution in [0.5, 0.6) is 0 Å². The molecule has 0 bridgehead atoms. The average Bonchev–Trinajstić information content (AvgIpc) is 3.00. The third-order valence-corrected chi connectivity index (χ3v) is 4.36. The van der Waals surface area contributed by atoms with Crippen molar-refractivity contribution in [2.45, 2.75) is 6.42 Å². The molecule has 26 heavy (non-hydrogen) atoms. The van der Waals surface area contributed by atoms with Gasteiger partial charge in [-0.1, -0.05) is 0 Å². The van der Waals surface area contributed by atoms with Gasteiger partial charge in [0.05, 0.1) is 5.92 Å². The van der Waals surface area contributed by atoms with Gasteiger partial charge in [0.1, 0.15) is 0 Å². The lowest BCUT2D eigenvalue weighted by Crippen LogP contribution is -2.28. The summed E-state index contributed by atoms with van der Waals surface area (Å²) in [5.74, 6) is -3.10. The SMILES string of the molecule is CN(C)c1ccc(N2CC(C(=O)Nc3ccc(F)c(F)c3)CC2=O)cc1. The molecule has 1 aliphatic heterocycles. The number of hydrogen-bond donors (Lipinski definition) is 1. The van der Waals surface area contributed by atoms with Crippen LogP contribution < -0.4 is 15.1 Å². The fourth-order valence-electron chi connectivity index (χ4n) is 2.88. The lowest BCUT2D eigenvalue weighted by atomic mass is 10.1. The number of rotatable bonds is 4. The summed E-state index contributed by atoms with van der Waals surface area (Å²) in [6.45, 7) is 0.246. The Morgan fingerprint density at radius 2 is 1.81 bits per heavy atom. The van der Waals surface area contributed by atoms with E-state index in [1.54, 1.807) is 4.90 Å². The summed E-state index contributed by atoms with van der Waals surface area (Å²) in [5.41, 5.74) is 1.90. The quantitative estimate of drug-likeness (QED) is 0.913. The van der Waals surface area contributed by atoms with Crippen molar-refractivity contribution >= 4 is 28.9 Å². The van der Waals surface area contributed by atoms with E-state index in [0.29, 0.717) is 0 Å². The maximum absolute atomic E-state index is 13.2. The molecule has 1 saturated heterocycles. The number of anilines is 3. The van der Waals surface area contributed by atoms with Crippen LogP contribution in [0.3, 0.4) is 0 Å². The Morgan fingerprint density at radius 1 is 1.12 bits per heavy atom. The highest BCUT2D eigenvalue weighted by atomic mass is 19.2. The highest BCUT2D eigenvalue weighted by Gasteiger charge is 2.35. The molecule has 1 aliphatic rings. The molecule has 2 amide bonds. The highest BCUT2D eigenvalue weighted by Crippen LogP contribution is 2.27. The number of nitrogens with zero attached hydrogens (tertiary/aromatic N) is 2. The molecule has 136 valence electrons. The number of carbonyl (C=O) groups excluding carboxylic acids is 2. The zero-order valence-corrected chi connectivity index (χ0v) is 14.5. The summed E-state index contributed by atoms with van der Waals surface area (Å²) < 4.78 is 26.2. The standard InChI is InChI=1S/C19H19F2N3O2/c1-23(2)14-4-6-15(7-5-14)24-11-12(9-18(24)25)19(26)22-13-3-8-16(20)17(21)10-13/h3-8,10,12H,9,11H2,1-2H3,(H,22,26). The van der Waals surface area contributed by atoms with E-state index in [0.717, 1.165) is 23.5 Å². The Morgan fingerprint density at radius 3 is 2.42 bits per heavy atom. The molecule has 1 N–H and O–H groups in total. The van der Waals surface area contributed by atoms with Gasteiger partial charge < -0.3 is 15.1 Å². The van der Waals surface area contributed by atoms with Crippen molar-refractivity contribution in [2.75, 3.05) is 35.8 Å². The van der Waals surface area contributed by atoms with Gasteiger partial charge >= 0.3 is 0 Å². The van der Waals surface area contributed by atoms with E-state index in [4.69, 9.17) is 0 Å². The van der Waals surface area contributed by atoms with Crippen molar-refractivity contribution in [2.24, 2.45) is 5.92 Å². The third-order valence-electron chi connectivity index (χ3n) is 4.36. The van der Waals surface area contributed by atoms with Crippen LogP contribution in [-0.2, 0) is 9.59 Å². The third kappa shape index (κ3) is 3.66. The van der Waals surface area contributed by atoms with Crippen molar-refractivity contribution < 1.29 is 18.4 Å². The monoisotopic (exact) mass is 359 g/mol. The normalized spacial score (nSPS) is 16.7. The smallest absolute Gasteiger partial charge is 0.229 e. The number of carbonyl (C=O) groups is 2. The molecule has 2 aromatic carbocycles. The number of halogens is 2. The molecule has 1 atom stereocenters. The van der Waals surface area contributed by atoms with Crippen LogP contribution in [0.2, 0.25) is 0 Å². The van der Waals surface area contributed by atoms with Crippen molar-refractivity contribution in [3.05, 3.63) is 54.1 Å². The van der Waals surface area contributed by atoms with E-state index in [1.165, 1.54) is 6.07 Å². The van der Waals surface area contributed by atoms with Crippen molar-refractivity contribution in [3.8, 4) is 0 Å². The first-order valence-corrected chi connectivity index (χ1v) is 8.19. The van der Waals surface area contributed by atoms with Crippen LogP contribution in [0.15, 0.2) is 42.5 Å². The van der Waals surface area contributed by atoms with Gasteiger partial charge in [0.25, 0.3) is 0 Å². The van der Waals surface area contributed by atoms with Gasteiger partial charge in [-0.3, -0.25) is 9.59 Å². The maximum atomic E-state index is 13.2. The molecule has 0 radical (unpaired) electrons. The lowest BCUT2D eigenvalue weighted by Gasteiger charge is -2.19. The molecule has 2 aromatic rings. The van der Waals surface area contributed by atoms with E-state index < -0.39 is 23.5 Å². The molecule has 1 fully saturated rings. The first kappa shape index (κ1) is 17.8. The predicted molar refractivity (Wildman–Crippen MR) is 96.2 cm³/mol. The topological polar surface area (TPSA) is 52.6 Å². The Hall–Kier alpha value is -2.96. The van der Waals surface area contributed by atoms with Crippen molar-refractivity contribution in [3.63, 3.8) is 0 Å². The Kier molecular flexibility index (Phi) is 4.88. The van der Waals surface area contributed by atoms with E-state index in [2.05, 4.69) is 5.32 Å². The summed E-state index contributed by atoms with van der Waals surface area (Å²) in [6.07, 6.45) is 0.0743. The largest absolute Gasteiger partial charge is 0.378 e. The van der Waals surface area contributed by atoms with Crippen LogP contribution in [-0.4, -0.2) is 32.5 Å². The van der Waals surface area contributed by atoms with E-state index in [-0.39, 0.29) is 24.6 Å². The zero-order valence-electron chi connectivity index (χ0n) is 14.5. The number of nitrogens with one attached hydrogen (secondary N) is 1. The minimum Gasteiger partial charge on any atom is -0.378 e. The Labute approximate surface area is 150 Å².